The van der Waals surface area contributed by atoms with E-state index in [0.717, 1.165) is 0 Å². The van der Waals surface area contributed by atoms with E-state index >= 15 is 0 Å². The van der Waals surface area contributed by atoms with E-state index in [1.54, 1.807) is 0 Å². The molecule has 8 heavy (non-hydrogen) atoms. The van der Waals surface area contributed by atoms with Crippen molar-refractivity contribution < 1.29 is 18.9 Å². The molecule has 1 aliphatic rings. The molecule has 0 atom stereocenters. The molecule has 0 saturated heterocycles. The number of allylic oxidation sites excluding steroid dienone is 2. The first kappa shape index (κ1) is 7.94. The van der Waals surface area contributed by atoms with Crippen LogP contribution in [0, 0.1) is 0 Å². The number of hydrogen-bond donors (Lipinski definition) is 0. The Morgan fingerprint density at radius 2 is 2.12 bits per heavy atom. The predicted octanol–water partition coefficient (Wildman–Crippen LogP) is -2.42. The summed E-state index contributed by atoms with van der Waals surface area (Å²) in [5, 5.41) is 0. The number of hydrogen-bond acceptors (Lipinski definition) is 1. The molecule has 0 unspecified atom stereocenters. The maximum Gasteiger partial charge on any atom is 1.00 e. The quantitative estimate of drug-likeness (QED) is 0.305. The maximum absolute atomic E-state index is 2.00. The molecule has 36 valence electrons. The van der Waals surface area contributed by atoms with E-state index in [-0.39, 0.29) is 18.9 Å². The molecule has 1 nitrogen and oxygen atoms in total. The Hall–Kier alpha value is -0.0577. The zero-order valence-electron chi connectivity index (χ0n) is 5.33. The topological polar surface area (TPSA) is 3.24 Å². The zero-order chi connectivity index (χ0) is 5.11. The van der Waals surface area contributed by atoms with Crippen LogP contribution in [0.15, 0.2) is 24.3 Å². The van der Waals surface area contributed by atoms with Crippen LogP contribution >= 0.6 is 0 Å². The van der Waals surface area contributed by atoms with Gasteiger partial charge in [-0.2, -0.15) is 7.41 Å². The van der Waals surface area contributed by atoms with E-state index in [9.17, 15) is 0 Å². The van der Waals surface area contributed by atoms with Gasteiger partial charge in [0, 0.05) is 0 Å². The van der Waals surface area contributed by atoms with Gasteiger partial charge < -0.3 is 4.81 Å². The number of nitrogens with zero attached hydrogens (tertiary/aromatic N) is 1. The smallest absolute Gasteiger partial charge is 0.615 e. The first-order valence-electron chi connectivity index (χ1n) is 2.30. The van der Waals surface area contributed by atoms with Gasteiger partial charge in [0.1, 0.15) is 0 Å². The minimum atomic E-state index is 0. The summed E-state index contributed by atoms with van der Waals surface area (Å²) in [6, 6.07) is 0. The fourth-order valence-corrected chi connectivity index (χ4v) is 0.485. The van der Waals surface area contributed by atoms with Gasteiger partial charge in [0.05, 0.1) is 0 Å². The van der Waals surface area contributed by atoms with Crippen LogP contribution in [0.25, 0.3) is 0 Å². The molecule has 0 aromatic rings. The van der Waals surface area contributed by atoms with Crippen molar-refractivity contribution in [3.05, 3.63) is 24.3 Å². The molecule has 0 aliphatic carbocycles. The third-order valence-corrected chi connectivity index (χ3v) is 0.865. The summed E-state index contributed by atoms with van der Waals surface area (Å²) in [7, 11) is 4.00. The molecule has 0 spiro atoms. The van der Waals surface area contributed by atoms with Crippen molar-refractivity contribution in [1.29, 1.82) is 0 Å². The molecule has 1 rings (SSSR count). The Morgan fingerprint density at radius 3 is 2.38 bits per heavy atom. The maximum atomic E-state index is 2.00. The minimum Gasteiger partial charge on any atom is -0.615 e. The van der Waals surface area contributed by atoms with Crippen LogP contribution < -0.4 is 18.9 Å². The zero-order valence-corrected chi connectivity index (χ0v) is 5.33. The average Bonchev–Trinajstić information content (AvgIpc) is 1.69. The Balaban J connectivity index is 0.000000490. The van der Waals surface area contributed by atoms with E-state index < -0.39 is 0 Å². The molecule has 0 bridgehead atoms. The standard InChI is InChI=1S/C5H7BN.Li/c1-7-5-3-2-4-6-7;/h2-5H,1H3;/q-1;+1. The molecule has 0 saturated carbocycles. The van der Waals surface area contributed by atoms with Gasteiger partial charge >= 0.3 is 18.9 Å². The van der Waals surface area contributed by atoms with Crippen molar-refractivity contribution in [3.63, 3.8) is 0 Å². The average molecular weight is 98.9 g/mol. The van der Waals surface area contributed by atoms with Crippen LogP contribution in [0.2, 0.25) is 0 Å². The number of rotatable bonds is 0. The van der Waals surface area contributed by atoms with E-state index in [1.807, 2.05) is 43.6 Å². The second-order valence-corrected chi connectivity index (χ2v) is 1.54. The van der Waals surface area contributed by atoms with Crippen LogP contribution in [0.5, 0.6) is 0 Å². The summed E-state index contributed by atoms with van der Waals surface area (Å²) in [6.07, 6.45) is 6.00. The molecule has 0 N–H and O–H groups in total. The summed E-state index contributed by atoms with van der Waals surface area (Å²) >= 11 is 0. The van der Waals surface area contributed by atoms with Crippen molar-refractivity contribution in [2.75, 3.05) is 7.05 Å². The first-order valence-corrected chi connectivity index (χ1v) is 2.30. The molecule has 3 heteroatoms. The Morgan fingerprint density at radius 1 is 1.38 bits per heavy atom. The molecule has 1 heterocycles. The first-order chi connectivity index (χ1) is 3.39. The van der Waals surface area contributed by atoms with Gasteiger partial charge in [-0.15, -0.1) is 6.08 Å². The molecule has 0 aromatic carbocycles. The van der Waals surface area contributed by atoms with Gasteiger partial charge in [0.2, 0.25) is 0 Å². The van der Waals surface area contributed by atoms with Crippen molar-refractivity contribution in [2.24, 2.45) is 0 Å². The molecular formula is C5H7BLiN. The molecule has 0 amide bonds. The molecular weight excluding hydrogens is 91.8 g/mol. The third kappa shape index (κ3) is 2.30. The molecule has 2 radical (unpaired) electrons. The van der Waals surface area contributed by atoms with Gasteiger partial charge in [0.25, 0.3) is 0 Å². The monoisotopic (exact) mass is 99.1 g/mol. The summed E-state index contributed by atoms with van der Waals surface area (Å²) in [4.78, 5) is 2.00. The largest absolute Gasteiger partial charge is 1.00 e. The van der Waals surface area contributed by atoms with Gasteiger partial charge in [0.15, 0.2) is 0 Å². The van der Waals surface area contributed by atoms with E-state index in [1.165, 1.54) is 0 Å². The van der Waals surface area contributed by atoms with Crippen LogP contribution in [0.4, 0.5) is 0 Å². The van der Waals surface area contributed by atoms with Crippen LogP contribution in [-0.2, 0) is 0 Å². The van der Waals surface area contributed by atoms with E-state index in [0.29, 0.717) is 0 Å². The van der Waals surface area contributed by atoms with E-state index in [2.05, 4.69) is 0 Å². The Labute approximate surface area is 62.9 Å². The molecule has 1 aliphatic heterocycles. The van der Waals surface area contributed by atoms with Gasteiger partial charge in [-0.3, -0.25) is 5.98 Å². The summed E-state index contributed by atoms with van der Waals surface area (Å²) in [5.41, 5.74) is 0. The van der Waals surface area contributed by atoms with Crippen LogP contribution in [0.1, 0.15) is 0 Å². The minimum absolute atomic E-state index is 0. The Kier molecular flexibility index (Phi) is 3.86. The summed E-state index contributed by atoms with van der Waals surface area (Å²) in [5.74, 6) is 2.00. The van der Waals surface area contributed by atoms with Crippen molar-refractivity contribution in [1.82, 2.24) is 4.81 Å². The molecule has 0 fully saturated rings. The van der Waals surface area contributed by atoms with Crippen molar-refractivity contribution >= 4 is 7.41 Å². The second-order valence-electron chi connectivity index (χ2n) is 1.54. The Bertz CT molecular complexity index is 111. The van der Waals surface area contributed by atoms with Crippen LogP contribution in [0.3, 0.4) is 0 Å². The third-order valence-electron chi connectivity index (χ3n) is 0.865. The van der Waals surface area contributed by atoms with Gasteiger partial charge in [-0.25, -0.2) is 0 Å². The SMILES string of the molecule is CN1[B-]C=CC=C1.[Li+]. The van der Waals surface area contributed by atoms with Crippen molar-refractivity contribution in [2.45, 2.75) is 0 Å². The van der Waals surface area contributed by atoms with Crippen molar-refractivity contribution in [3.8, 4) is 0 Å². The molecule has 0 aromatic heterocycles. The summed E-state index contributed by atoms with van der Waals surface area (Å²) in [6.45, 7) is 0. The van der Waals surface area contributed by atoms with Gasteiger partial charge in [-0.1, -0.05) is 6.08 Å². The fourth-order valence-electron chi connectivity index (χ4n) is 0.485. The van der Waals surface area contributed by atoms with Crippen LogP contribution in [-0.4, -0.2) is 19.3 Å². The van der Waals surface area contributed by atoms with Gasteiger partial charge in [-0.05, 0) is 13.2 Å². The van der Waals surface area contributed by atoms with E-state index in [4.69, 9.17) is 0 Å². The normalized spacial score (nSPS) is 15.9. The predicted molar refractivity (Wildman–Crippen MR) is 31.8 cm³/mol. The second kappa shape index (κ2) is 3.89. The summed E-state index contributed by atoms with van der Waals surface area (Å²) < 4.78 is 0. The fraction of sp³-hybridized carbons (Fsp3) is 0.200.